The molecule has 414 valence electrons. The highest BCUT2D eigenvalue weighted by atomic mass is 19.4. The standard InChI is InChI=1S/C79H46F3N5O/c80-79(81,82)48-23-21-22-47(46-48)71-73(83-60-34-11-1-24-49(60)50-25-2-12-35-61(50)83)75(85-64-38-15-5-28-53(64)54-29-6-16-39-65(54)85)77(87-68-42-19-9-33-59(68)72-69(87)45-44-58-57-32-10-20-43-70(57)88-78(58)72)76(86-66-40-17-7-30-55(66)56-31-8-18-41-67(56)86)74(71)84-62-36-13-3-26-51(62)52-27-4-14-37-63(52)84/h1-46H. The monoisotopic (exact) mass is 1140 g/mol. The van der Waals surface area contributed by atoms with E-state index in [-0.39, 0.29) is 0 Å². The van der Waals surface area contributed by atoms with Gasteiger partial charge in [0.15, 0.2) is 0 Å². The maximum Gasteiger partial charge on any atom is 0.416 e. The van der Waals surface area contributed by atoms with E-state index in [9.17, 15) is 0 Å². The lowest BCUT2D eigenvalue weighted by Gasteiger charge is -2.32. The van der Waals surface area contributed by atoms with Gasteiger partial charge in [0.2, 0.25) is 0 Å². The Balaban J connectivity index is 1.22. The van der Waals surface area contributed by atoms with Crippen molar-refractivity contribution >= 4 is 131 Å². The van der Waals surface area contributed by atoms with Crippen molar-refractivity contribution in [3.63, 3.8) is 0 Å². The second kappa shape index (κ2) is 18.0. The quantitative estimate of drug-likeness (QED) is 0.163. The average molecular weight is 1140 g/mol. The lowest BCUT2D eigenvalue weighted by molar-refractivity contribution is -0.137. The van der Waals surface area contributed by atoms with Crippen LogP contribution in [0.3, 0.4) is 0 Å². The van der Waals surface area contributed by atoms with E-state index in [0.717, 1.165) is 148 Å². The molecule has 0 saturated carbocycles. The van der Waals surface area contributed by atoms with Crippen LogP contribution in [0.1, 0.15) is 5.56 Å². The number of hydrogen-bond acceptors (Lipinski definition) is 1. The van der Waals surface area contributed by atoms with Crippen LogP contribution in [0, 0.1) is 0 Å². The van der Waals surface area contributed by atoms with Crippen molar-refractivity contribution in [2.45, 2.75) is 6.18 Å². The van der Waals surface area contributed by atoms with E-state index in [0.29, 0.717) is 22.5 Å². The molecule has 9 heteroatoms. The smallest absolute Gasteiger partial charge is 0.416 e. The first-order valence-electron chi connectivity index (χ1n) is 29.6. The highest BCUT2D eigenvalue weighted by Gasteiger charge is 2.38. The van der Waals surface area contributed by atoms with Crippen LogP contribution in [-0.2, 0) is 6.18 Å². The maximum absolute atomic E-state index is 16.1. The predicted molar refractivity (Wildman–Crippen MR) is 356 cm³/mol. The van der Waals surface area contributed by atoms with Crippen molar-refractivity contribution in [3.8, 4) is 39.6 Å². The van der Waals surface area contributed by atoms with Gasteiger partial charge in [-0.3, -0.25) is 0 Å². The lowest BCUT2D eigenvalue weighted by Crippen LogP contribution is -2.18. The molecule has 88 heavy (non-hydrogen) atoms. The van der Waals surface area contributed by atoms with E-state index in [4.69, 9.17) is 4.42 Å². The molecule has 19 aromatic rings. The molecule has 19 rings (SSSR count). The third kappa shape index (κ3) is 6.56. The molecule has 0 bridgehead atoms. The fourth-order valence-corrected chi connectivity index (χ4v) is 15.0. The highest BCUT2D eigenvalue weighted by molar-refractivity contribution is 6.25. The van der Waals surface area contributed by atoms with Crippen LogP contribution in [0.5, 0.6) is 0 Å². The molecule has 6 aromatic heterocycles. The minimum atomic E-state index is -4.70. The van der Waals surface area contributed by atoms with Gasteiger partial charge >= 0.3 is 6.18 Å². The largest absolute Gasteiger partial charge is 0.455 e. The van der Waals surface area contributed by atoms with E-state index in [1.54, 1.807) is 6.07 Å². The Hall–Kier alpha value is -11.6. The van der Waals surface area contributed by atoms with Crippen molar-refractivity contribution in [2.24, 2.45) is 0 Å². The number of rotatable bonds is 6. The highest BCUT2D eigenvalue weighted by Crippen LogP contribution is 2.55. The van der Waals surface area contributed by atoms with Crippen LogP contribution in [0.15, 0.2) is 283 Å². The third-order valence-corrected chi connectivity index (χ3v) is 18.5. The zero-order chi connectivity index (χ0) is 58.1. The number of alkyl halides is 3. The van der Waals surface area contributed by atoms with Crippen molar-refractivity contribution in [3.05, 3.63) is 285 Å². The molecule has 0 N–H and O–H groups in total. The Morgan fingerprint density at radius 3 is 0.943 bits per heavy atom. The molecule has 0 aliphatic carbocycles. The predicted octanol–water partition coefficient (Wildman–Crippen LogP) is 21.8. The van der Waals surface area contributed by atoms with Crippen LogP contribution in [0.25, 0.3) is 171 Å². The Kier molecular flexibility index (Phi) is 9.98. The SMILES string of the molecule is FC(F)(F)c1cccc(-c2c(-n3c4ccccc4c4ccccc43)c(-n3c4ccccc4c4ccccc43)c(-n3c4ccccc4c4c5oc6ccccc6c5ccc43)c(-n3c4ccccc4c4ccccc43)c2-n2c3ccccc3c3ccccc32)c1. The summed E-state index contributed by atoms with van der Waals surface area (Å²) in [5, 5.41) is 12.0. The van der Waals surface area contributed by atoms with Gasteiger partial charge in [0.1, 0.15) is 11.2 Å². The Labute approximate surface area is 499 Å². The number of halogens is 3. The van der Waals surface area contributed by atoms with Crippen LogP contribution < -0.4 is 0 Å². The summed E-state index contributed by atoms with van der Waals surface area (Å²) >= 11 is 0. The van der Waals surface area contributed by atoms with Crippen LogP contribution >= 0.6 is 0 Å². The molecular formula is C79H46F3N5O. The summed E-state index contributed by atoms with van der Waals surface area (Å²) in [4.78, 5) is 0. The zero-order valence-corrected chi connectivity index (χ0v) is 46.8. The lowest BCUT2D eigenvalue weighted by atomic mass is 9.93. The summed E-state index contributed by atoms with van der Waals surface area (Å²) in [6, 6.07) is 95.2. The summed E-state index contributed by atoms with van der Waals surface area (Å²) in [5.74, 6) is 0. The van der Waals surface area contributed by atoms with Gasteiger partial charge in [0.05, 0.1) is 94.6 Å². The van der Waals surface area contributed by atoms with Crippen molar-refractivity contribution in [1.82, 2.24) is 22.8 Å². The van der Waals surface area contributed by atoms with Gasteiger partial charge < -0.3 is 27.3 Å². The van der Waals surface area contributed by atoms with Crippen LogP contribution in [-0.4, -0.2) is 22.8 Å². The van der Waals surface area contributed by atoms with E-state index < -0.39 is 11.7 Å². The van der Waals surface area contributed by atoms with Crippen LogP contribution in [0.4, 0.5) is 13.2 Å². The van der Waals surface area contributed by atoms with Gasteiger partial charge in [-0.2, -0.15) is 13.2 Å². The number of para-hydroxylation sites is 10. The molecule has 0 atom stereocenters. The Morgan fingerprint density at radius 2 is 0.557 bits per heavy atom. The third-order valence-electron chi connectivity index (χ3n) is 18.5. The number of benzene rings is 13. The van der Waals surface area contributed by atoms with Gasteiger partial charge in [-0.1, -0.05) is 194 Å². The molecule has 0 aliphatic heterocycles. The van der Waals surface area contributed by atoms with Gasteiger partial charge in [0.25, 0.3) is 0 Å². The minimum Gasteiger partial charge on any atom is -0.455 e. The topological polar surface area (TPSA) is 37.8 Å². The molecule has 13 aromatic carbocycles. The zero-order valence-electron chi connectivity index (χ0n) is 46.8. The molecular weight excluding hydrogens is 1090 g/mol. The molecule has 6 nitrogen and oxygen atoms in total. The first kappa shape index (κ1) is 48.8. The van der Waals surface area contributed by atoms with Crippen molar-refractivity contribution in [2.75, 3.05) is 0 Å². The van der Waals surface area contributed by atoms with E-state index >= 15 is 13.2 Å². The van der Waals surface area contributed by atoms with E-state index in [1.165, 1.54) is 12.1 Å². The van der Waals surface area contributed by atoms with Crippen molar-refractivity contribution < 1.29 is 17.6 Å². The Morgan fingerprint density at radius 1 is 0.250 bits per heavy atom. The summed E-state index contributed by atoms with van der Waals surface area (Å²) in [5.41, 5.74) is 14.4. The van der Waals surface area contributed by atoms with Crippen LogP contribution in [0.2, 0.25) is 0 Å². The Bertz CT molecular complexity index is 5730. The molecule has 0 unspecified atom stereocenters. The van der Waals surface area contributed by atoms with Gasteiger partial charge in [-0.15, -0.1) is 0 Å². The minimum absolute atomic E-state index is 0.380. The molecule has 6 heterocycles. The van der Waals surface area contributed by atoms with Gasteiger partial charge in [-0.05, 0) is 90.5 Å². The number of nitrogens with zero attached hydrogens (tertiary/aromatic N) is 5. The second-order valence-electron chi connectivity index (χ2n) is 23.0. The second-order valence-corrected chi connectivity index (χ2v) is 23.0. The number of fused-ring (bicyclic) bond motifs is 19. The molecule has 0 saturated heterocycles. The molecule has 0 spiro atoms. The number of furan rings is 1. The molecule has 0 amide bonds. The fourth-order valence-electron chi connectivity index (χ4n) is 15.0. The summed E-state index contributed by atoms with van der Waals surface area (Å²) in [6.45, 7) is 0. The van der Waals surface area contributed by atoms with E-state index in [1.807, 2.05) is 18.2 Å². The molecule has 0 aliphatic rings. The maximum atomic E-state index is 16.1. The molecule has 0 radical (unpaired) electrons. The van der Waals surface area contributed by atoms with E-state index in [2.05, 4.69) is 265 Å². The summed E-state index contributed by atoms with van der Waals surface area (Å²) in [7, 11) is 0. The van der Waals surface area contributed by atoms with Gasteiger partial charge in [0, 0.05) is 64.8 Å². The number of aromatic nitrogens is 5. The summed E-state index contributed by atoms with van der Waals surface area (Å²) in [6.07, 6.45) is -4.70. The normalized spacial score (nSPS) is 12.5. The fraction of sp³-hybridized carbons (Fsp3) is 0.0127. The first-order valence-corrected chi connectivity index (χ1v) is 29.6. The van der Waals surface area contributed by atoms with Crippen molar-refractivity contribution in [1.29, 1.82) is 0 Å². The molecule has 0 fully saturated rings. The summed E-state index contributed by atoms with van der Waals surface area (Å²) < 4.78 is 67.3. The average Bonchev–Trinajstić information content (AvgIpc) is 1.43. The first-order chi connectivity index (χ1) is 43.4. The number of hydrogen-bond donors (Lipinski definition) is 0. The van der Waals surface area contributed by atoms with Gasteiger partial charge in [-0.25, -0.2) is 0 Å².